The number of nitrogens with zero attached hydrogens (tertiary/aromatic N) is 2. The molecule has 2 aromatic rings. The van der Waals surface area contributed by atoms with Gasteiger partial charge in [0.15, 0.2) is 9.84 Å². The smallest absolute Gasteiger partial charge is 0.251 e. The van der Waals surface area contributed by atoms with Crippen LogP contribution in [0.4, 0.5) is 0 Å². The Labute approximate surface area is 152 Å². The van der Waals surface area contributed by atoms with Gasteiger partial charge in [0.25, 0.3) is 5.91 Å². The molecule has 0 unspecified atom stereocenters. The highest BCUT2D eigenvalue weighted by molar-refractivity contribution is 7.91. The minimum atomic E-state index is -3.19. The van der Waals surface area contributed by atoms with Crippen LogP contribution >= 0.6 is 0 Å². The predicted octanol–water partition coefficient (Wildman–Crippen LogP) is 1.30. The number of carbonyl (C=O) groups is 1. The van der Waals surface area contributed by atoms with Crippen molar-refractivity contribution >= 4 is 15.7 Å². The first-order valence-corrected chi connectivity index (χ1v) is 10.1. The number of amides is 1. The van der Waals surface area contributed by atoms with Crippen LogP contribution in [0, 0.1) is 13.8 Å². The van der Waals surface area contributed by atoms with Gasteiger partial charge < -0.3 is 10.1 Å². The molecule has 1 aliphatic rings. The summed E-state index contributed by atoms with van der Waals surface area (Å²) in [5.74, 6) is -0.501. The van der Waals surface area contributed by atoms with E-state index in [0.717, 1.165) is 22.4 Å². The van der Waals surface area contributed by atoms with Crippen LogP contribution in [0.5, 0.6) is 0 Å². The van der Waals surface area contributed by atoms with Crippen LogP contribution in [0.3, 0.4) is 0 Å². The molecule has 1 aromatic carbocycles. The highest BCUT2D eigenvalue weighted by Gasteiger charge is 2.38. The highest BCUT2D eigenvalue weighted by Crippen LogP contribution is 2.23. The lowest BCUT2D eigenvalue weighted by Crippen LogP contribution is -2.43. The maximum atomic E-state index is 12.5. The van der Waals surface area contributed by atoms with Gasteiger partial charge in [-0.15, -0.1) is 0 Å². The third-order valence-electron chi connectivity index (χ3n) is 4.70. The maximum Gasteiger partial charge on any atom is 0.251 e. The van der Waals surface area contributed by atoms with Crippen molar-refractivity contribution in [2.24, 2.45) is 0 Å². The minimum Gasteiger partial charge on any atom is -0.378 e. The number of sulfone groups is 1. The molecule has 0 spiro atoms. The van der Waals surface area contributed by atoms with Crippen LogP contribution < -0.4 is 5.32 Å². The molecule has 1 saturated heterocycles. The Hall–Kier alpha value is -2.32. The van der Waals surface area contributed by atoms with Crippen molar-refractivity contribution in [1.29, 1.82) is 0 Å². The summed E-state index contributed by atoms with van der Waals surface area (Å²) >= 11 is 0. The number of ether oxygens (including phenoxy) is 1. The molecule has 26 heavy (non-hydrogen) atoms. The summed E-state index contributed by atoms with van der Waals surface area (Å²) in [5.41, 5.74) is 4.18. The fourth-order valence-corrected chi connectivity index (χ4v) is 4.87. The Morgan fingerprint density at radius 3 is 2.54 bits per heavy atom. The summed E-state index contributed by atoms with van der Waals surface area (Å²) in [6.07, 6.45) is 1.19. The first-order valence-electron chi connectivity index (χ1n) is 8.24. The number of aromatic nitrogens is 2. The maximum absolute atomic E-state index is 12.5. The summed E-state index contributed by atoms with van der Waals surface area (Å²) in [6.45, 7) is 3.95. The normalized spacial score (nSPS) is 21.5. The van der Waals surface area contributed by atoms with Crippen LogP contribution in [0.25, 0.3) is 11.3 Å². The quantitative estimate of drug-likeness (QED) is 0.865. The number of hydrogen-bond acceptors (Lipinski definition) is 6. The number of rotatable bonds is 4. The Bertz CT molecular complexity index is 926. The van der Waals surface area contributed by atoms with Gasteiger partial charge in [0.2, 0.25) is 0 Å². The zero-order valence-corrected chi connectivity index (χ0v) is 15.7. The highest BCUT2D eigenvalue weighted by atomic mass is 32.2. The molecule has 138 valence electrons. The molecule has 0 saturated carbocycles. The first-order chi connectivity index (χ1) is 12.3. The van der Waals surface area contributed by atoms with Crippen molar-refractivity contribution < 1.29 is 17.9 Å². The van der Waals surface area contributed by atoms with E-state index in [1.165, 1.54) is 7.11 Å². The Balaban J connectivity index is 1.76. The van der Waals surface area contributed by atoms with Gasteiger partial charge in [0.05, 0.1) is 35.5 Å². The molecule has 2 atom stereocenters. The van der Waals surface area contributed by atoms with E-state index in [9.17, 15) is 13.2 Å². The van der Waals surface area contributed by atoms with Crippen LogP contribution in [-0.4, -0.2) is 55.3 Å². The minimum absolute atomic E-state index is 0.0707. The van der Waals surface area contributed by atoms with E-state index in [4.69, 9.17) is 4.74 Å². The van der Waals surface area contributed by atoms with E-state index < -0.39 is 22.0 Å². The van der Waals surface area contributed by atoms with Gasteiger partial charge in [0, 0.05) is 18.2 Å². The molecule has 3 rings (SSSR count). The molecule has 1 aromatic heterocycles. The van der Waals surface area contributed by atoms with E-state index in [1.54, 1.807) is 18.3 Å². The lowest BCUT2D eigenvalue weighted by Gasteiger charge is -2.18. The second kappa shape index (κ2) is 7.13. The van der Waals surface area contributed by atoms with E-state index in [-0.39, 0.29) is 17.4 Å². The van der Waals surface area contributed by atoms with E-state index in [1.807, 2.05) is 26.0 Å². The standard InChI is InChI=1S/C18H21N3O4S/c1-11-8-19-21-17(12(11)2)13-4-6-14(7-5-13)18(22)20-15-9-26(23,24)10-16(15)25-3/h4-8,15-16H,9-10H2,1-3H3,(H,20,22)/t15-,16-/m1/s1. The van der Waals surface area contributed by atoms with Gasteiger partial charge in [0.1, 0.15) is 0 Å². The molecule has 2 heterocycles. The zero-order valence-electron chi connectivity index (χ0n) is 14.9. The second-order valence-electron chi connectivity index (χ2n) is 6.51. The summed E-state index contributed by atoms with van der Waals surface area (Å²) in [4.78, 5) is 12.5. The van der Waals surface area contributed by atoms with Gasteiger partial charge in [-0.2, -0.15) is 10.2 Å². The number of nitrogens with one attached hydrogen (secondary N) is 1. The van der Waals surface area contributed by atoms with Gasteiger partial charge in [-0.1, -0.05) is 12.1 Å². The molecule has 8 heteroatoms. The Kier molecular flexibility index (Phi) is 5.06. The van der Waals surface area contributed by atoms with E-state index in [0.29, 0.717) is 5.56 Å². The lowest BCUT2D eigenvalue weighted by atomic mass is 10.0. The summed E-state index contributed by atoms with van der Waals surface area (Å²) in [5, 5.41) is 10.9. The second-order valence-corrected chi connectivity index (χ2v) is 8.66. The number of benzene rings is 1. The third kappa shape index (κ3) is 3.76. The monoisotopic (exact) mass is 375 g/mol. The van der Waals surface area contributed by atoms with Gasteiger partial charge >= 0.3 is 0 Å². The molecular formula is C18H21N3O4S. The Morgan fingerprint density at radius 1 is 1.19 bits per heavy atom. The molecule has 1 amide bonds. The molecule has 0 bridgehead atoms. The average molecular weight is 375 g/mol. The van der Waals surface area contributed by atoms with Crippen molar-refractivity contribution in [3.05, 3.63) is 47.2 Å². The summed E-state index contributed by atoms with van der Waals surface area (Å²) in [6, 6.07) is 6.47. The van der Waals surface area contributed by atoms with Crippen molar-refractivity contribution in [3.63, 3.8) is 0 Å². The number of carbonyl (C=O) groups excluding carboxylic acids is 1. The SMILES string of the molecule is CO[C@@H]1CS(=O)(=O)C[C@H]1NC(=O)c1ccc(-c2nncc(C)c2C)cc1. The zero-order chi connectivity index (χ0) is 18.9. The van der Waals surface area contributed by atoms with Crippen LogP contribution in [-0.2, 0) is 14.6 Å². The summed E-state index contributed by atoms with van der Waals surface area (Å²) < 4.78 is 28.7. The van der Waals surface area contributed by atoms with Gasteiger partial charge in [-0.05, 0) is 37.1 Å². The fourth-order valence-electron chi connectivity index (χ4n) is 3.02. The third-order valence-corrected chi connectivity index (χ3v) is 6.40. The molecule has 0 aliphatic carbocycles. The molecule has 7 nitrogen and oxygen atoms in total. The lowest BCUT2D eigenvalue weighted by molar-refractivity contribution is 0.0786. The van der Waals surface area contributed by atoms with Gasteiger partial charge in [-0.3, -0.25) is 4.79 Å². The van der Waals surface area contributed by atoms with Crippen molar-refractivity contribution in [2.75, 3.05) is 18.6 Å². The van der Waals surface area contributed by atoms with Crippen LogP contribution in [0.2, 0.25) is 0 Å². The topological polar surface area (TPSA) is 98.2 Å². The predicted molar refractivity (Wildman–Crippen MR) is 97.6 cm³/mol. The number of hydrogen-bond donors (Lipinski definition) is 1. The van der Waals surface area contributed by atoms with E-state index in [2.05, 4.69) is 15.5 Å². The average Bonchev–Trinajstić information content (AvgIpc) is 2.91. The van der Waals surface area contributed by atoms with E-state index >= 15 is 0 Å². The summed E-state index contributed by atoms with van der Waals surface area (Å²) in [7, 11) is -1.74. The fraction of sp³-hybridized carbons (Fsp3) is 0.389. The van der Waals surface area contributed by atoms with Crippen molar-refractivity contribution in [1.82, 2.24) is 15.5 Å². The van der Waals surface area contributed by atoms with Gasteiger partial charge in [-0.25, -0.2) is 8.42 Å². The molecule has 1 aliphatic heterocycles. The first kappa shape index (κ1) is 18.5. The Morgan fingerprint density at radius 2 is 1.88 bits per heavy atom. The van der Waals surface area contributed by atoms with Crippen LogP contribution in [0.1, 0.15) is 21.5 Å². The molecular weight excluding hydrogens is 354 g/mol. The van der Waals surface area contributed by atoms with Crippen LogP contribution in [0.15, 0.2) is 30.5 Å². The van der Waals surface area contributed by atoms with Crippen molar-refractivity contribution in [2.45, 2.75) is 26.0 Å². The number of aryl methyl sites for hydroxylation is 1. The van der Waals surface area contributed by atoms with Crippen molar-refractivity contribution in [3.8, 4) is 11.3 Å². The number of methoxy groups -OCH3 is 1. The largest absolute Gasteiger partial charge is 0.378 e. The molecule has 0 radical (unpaired) electrons. The molecule has 1 fully saturated rings. The molecule has 1 N–H and O–H groups in total.